The molecule has 6 heteroatoms. The highest BCUT2D eigenvalue weighted by Crippen LogP contribution is 2.31. The zero-order valence-corrected chi connectivity index (χ0v) is 16.9. The first kappa shape index (κ1) is 19.8. The maximum atomic E-state index is 13.2. The Balaban J connectivity index is 1.70. The number of esters is 1. The van der Waals surface area contributed by atoms with Crippen molar-refractivity contribution in [3.8, 4) is 11.3 Å². The van der Waals surface area contributed by atoms with E-state index in [0.29, 0.717) is 16.8 Å². The van der Waals surface area contributed by atoms with Crippen molar-refractivity contribution in [1.29, 1.82) is 0 Å². The SMILES string of the molecule is CCOC(=O)c1ccccc1NC(=O)c1ccccc1-c1ncnc2c1CCCC2. The van der Waals surface area contributed by atoms with Crippen molar-refractivity contribution in [1.82, 2.24) is 9.97 Å². The van der Waals surface area contributed by atoms with Crippen LogP contribution in [0.2, 0.25) is 0 Å². The number of carbonyl (C=O) groups excluding carboxylic acids is 2. The lowest BCUT2D eigenvalue weighted by Gasteiger charge is -2.19. The molecule has 0 radical (unpaired) electrons. The molecule has 4 rings (SSSR count). The van der Waals surface area contributed by atoms with Crippen LogP contribution in [0.1, 0.15) is 51.7 Å². The van der Waals surface area contributed by atoms with Crippen molar-refractivity contribution in [2.24, 2.45) is 0 Å². The summed E-state index contributed by atoms with van der Waals surface area (Å²) in [4.78, 5) is 34.4. The smallest absolute Gasteiger partial charge is 0.340 e. The fourth-order valence-corrected chi connectivity index (χ4v) is 3.81. The Hall–Kier alpha value is -3.54. The maximum Gasteiger partial charge on any atom is 0.340 e. The van der Waals surface area contributed by atoms with Crippen molar-refractivity contribution < 1.29 is 14.3 Å². The minimum Gasteiger partial charge on any atom is -0.462 e. The van der Waals surface area contributed by atoms with Gasteiger partial charge in [-0.1, -0.05) is 30.3 Å². The van der Waals surface area contributed by atoms with Crippen LogP contribution >= 0.6 is 0 Å². The number of rotatable bonds is 5. The average molecular weight is 401 g/mol. The summed E-state index contributed by atoms with van der Waals surface area (Å²) in [6.07, 6.45) is 5.63. The van der Waals surface area contributed by atoms with E-state index in [-0.39, 0.29) is 12.5 Å². The van der Waals surface area contributed by atoms with Gasteiger partial charge in [-0.15, -0.1) is 0 Å². The van der Waals surface area contributed by atoms with Crippen molar-refractivity contribution >= 4 is 17.6 Å². The van der Waals surface area contributed by atoms with Crippen molar-refractivity contribution in [3.63, 3.8) is 0 Å². The summed E-state index contributed by atoms with van der Waals surface area (Å²) in [6, 6.07) is 14.2. The number of hydrogen-bond donors (Lipinski definition) is 1. The fourth-order valence-electron chi connectivity index (χ4n) is 3.81. The number of ether oxygens (including phenoxy) is 1. The minimum atomic E-state index is -0.466. The predicted octanol–water partition coefficient (Wildman–Crippen LogP) is 4.45. The molecule has 30 heavy (non-hydrogen) atoms. The van der Waals surface area contributed by atoms with Crippen molar-refractivity contribution in [2.75, 3.05) is 11.9 Å². The van der Waals surface area contributed by atoms with Crippen LogP contribution in [0, 0.1) is 0 Å². The van der Waals surface area contributed by atoms with Crippen LogP contribution in [-0.4, -0.2) is 28.5 Å². The third-order valence-electron chi connectivity index (χ3n) is 5.22. The third kappa shape index (κ3) is 3.94. The first-order chi connectivity index (χ1) is 14.7. The molecule has 2 aromatic carbocycles. The molecule has 0 bridgehead atoms. The molecule has 0 saturated heterocycles. The molecule has 0 saturated carbocycles. The number of fused-ring (bicyclic) bond motifs is 1. The summed E-state index contributed by atoms with van der Waals surface area (Å²) in [5.41, 5.74) is 5.01. The van der Waals surface area contributed by atoms with Crippen LogP contribution < -0.4 is 5.32 Å². The third-order valence-corrected chi connectivity index (χ3v) is 5.22. The molecule has 0 spiro atoms. The van der Waals surface area contributed by atoms with Gasteiger partial charge < -0.3 is 10.1 Å². The van der Waals surface area contributed by atoms with Gasteiger partial charge in [0.1, 0.15) is 6.33 Å². The molecule has 1 heterocycles. The van der Waals surface area contributed by atoms with E-state index in [4.69, 9.17) is 4.74 Å². The molecule has 152 valence electrons. The van der Waals surface area contributed by atoms with Crippen LogP contribution in [-0.2, 0) is 17.6 Å². The lowest BCUT2D eigenvalue weighted by molar-refractivity contribution is 0.0527. The Kier molecular flexibility index (Phi) is 5.84. The van der Waals surface area contributed by atoms with Gasteiger partial charge in [0.25, 0.3) is 5.91 Å². The Bertz CT molecular complexity index is 1090. The molecule has 0 aliphatic heterocycles. The van der Waals surface area contributed by atoms with E-state index in [9.17, 15) is 9.59 Å². The molecule has 6 nitrogen and oxygen atoms in total. The van der Waals surface area contributed by atoms with E-state index in [0.717, 1.165) is 48.2 Å². The topological polar surface area (TPSA) is 81.2 Å². The summed E-state index contributed by atoms with van der Waals surface area (Å²) in [5, 5.41) is 2.87. The second-order valence-corrected chi connectivity index (χ2v) is 7.12. The summed E-state index contributed by atoms with van der Waals surface area (Å²) in [7, 11) is 0. The van der Waals surface area contributed by atoms with Crippen molar-refractivity contribution in [2.45, 2.75) is 32.6 Å². The Morgan fingerprint density at radius 1 is 0.967 bits per heavy atom. The minimum absolute atomic E-state index is 0.267. The van der Waals surface area contributed by atoms with E-state index in [1.807, 2.05) is 18.2 Å². The lowest BCUT2D eigenvalue weighted by atomic mass is 9.90. The second-order valence-electron chi connectivity index (χ2n) is 7.12. The van der Waals surface area contributed by atoms with Gasteiger partial charge in [-0.05, 0) is 50.8 Å². The summed E-state index contributed by atoms with van der Waals surface area (Å²) < 4.78 is 5.10. The zero-order valence-electron chi connectivity index (χ0n) is 16.9. The molecule has 0 fully saturated rings. The first-order valence-corrected chi connectivity index (χ1v) is 10.2. The van der Waals surface area contributed by atoms with Crippen LogP contribution in [0.15, 0.2) is 54.9 Å². The molecule has 1 amide bonds. The molecular formula is C24H23N3O3. The van der Waals surface area contributed by atoms with Gasteiger partial charge in [-0.2, -0.15) is 0 Å². The summed E-state index contributed by atoms with van der Waals surface area (Å²) >= 11 is 0. The highest BCUT2D eigenvalue weighted by molar-refractivity contribution is 6.11. The Morgan fingerprint density at radius 2 is 1.70 bits per heavy atom. The maximum absolute atomic E-state index is 13.2. The molecule has 1 N–H and O–H groups in total. The van der Waals surface area contributed by atoms with E-state index >= 15 is 0 Å². The van der Waals surface area contributed by atoms with Gasteiger partial charge in [0.2, 0.25) is 0 Å². The summed E-state index contributed by atoms with van der Waals surface area (Å²) in [6.45, 7) is 2.01. The number of nitrogens with zero attached hydrogens (tertiary/aromatic N) is 2. The number of benzene rings is 2. The lowest BCUT2D eigenvalue weighted by Crippen LogP contribution is -2.17. The number of aromatic nitrogens is 2. The molecule has 1 aliphatic rings. The quantitative estimate of drug-likeness (QED) is 0.639. The van der Waals surface area contributed by atoms with Gasteiger partial charge in [-0.3, -0.25) is 4.79 Å². The Labute approximate surface area is 175 Å². The molecule has 0 unspecified atom stereocenters. The largest absolute Gasteiger partial charge is 0.462 e. The van der Waals surface area contributed by atoms with Gasteiger partial charge >= 0.3 is 5.97 Å². The average Bonchev–Trinajstić information content (AvgIpc) is 2.79. The number of para-hydroxylation sites is 1. The predicted molar refractivity (Wildman–Crippen MR) is 114 cm³/mol. The van der Waals surface area contributed by atoms with Crippen LogP contribution in [0.4, 0.5) is 5.69 Å². The van der Waals surface area contributed by atoms with E-state index in [1.165, 1.54) is 0 Å². The van der Waals surface area contributed by atoms with E-state index in [2.05, 4.69) is 15.3 Å². The van der Waals surface area contributed by atoms with Crippen LogP contribution in [0.5, 0.6) is 0 Å². The molecule has 1 aromatic heterocycles. The van der Waals surface area contributed by atoms with Crippen molar-refractivity contribution in [3.05, 3.63) is 77.2 Å². The highest BCUT2D eigenvalue weighted by atomic mass is 16.5. The molecular weight excluding hydrogens is 378 g/mol. The van der Waals surface area contributed by atoms with E-state index < -0.39 is 5.97 Å². The van der Waals surface area contributed by atoms with E-state index in [1.54, 1.807) is 43.6 Å². The molecule has 3 aromatic rings. The van der Waals surface area contributed by atoms with Gasteiger partial charge in [0, 0.05) is 22.4 Å². The number of anilines is 1. The summed E-state index contributed by atoms with van der Waals surface area (Å²) in [5.74, 6) is -0.767. The zero-order chi connectivity index (χ0) is 20.9. The monoisotopic (exact) mass is 401 g/mol. The van der Waals surface area contributed by atoms with Gasteiger partial charge in [0.05, 0.1) is 23.6 Å². The van der Waals surface area contributed by atoms with Crippen LogP contribution in [0.3, 0.4) is 0 Å². The molecule has 1 aliphatic carbocycles. The molecule has 0 atom stereocenters. The number of hydrogen-bond acceptors (Lipinski definition) is 5. The second kappa shape index (κ2) is 8.86. The number of carbonyl (C=O) groups is 2. The van der Waals surface area contributed by atoms with Crippen LogP contribution in [0.25, 0.3) is 11.3 Å². The number of nitrogens with one attached hydrogen (secondary N) is 1. The van der Waals surface area contributed by atoms with Gasteiger partial charge in [-0.25, -0.2) is 14.8 Å². The first-order valence-electron chi connectivity index (χ1n) is 10.2. The number of aryl methyl sites for hydroxylation is 1. The normalized spacial score (nSPS) is 12.7. The van der Waals surface area contributed by atoms with Gasteiger partial charge in [0.15, 0.2) is 0 Å². The Morgan fingerprint density at radius 3 is 2.53 bits per heavy atom. The highest BCUT2D eigenvalue weighted by Gasteiger charge is 2.21. The number of amides is 1. The standard InChI is InChI=1S/C24H23N3O3/c1-2-30-24(29)19-12-6-8-14-21(19)27-23(28)17-10-4-3-9-16(17)22-18-11-5-7-13-20(18)25-15-26-22/h3-4,6,8-10,12,14-15H,2,5,7,11,13H2,1H3,(H,27,28). The fraction of sp³-hybridized carbons (Fsp3) is 0.250.